The van der Waals surface area contributed by atoms with Gasteiger partial charge in [-0.2, -0.15) is 0 Å². The van der Waals surface area contributed by atoms with E-state index in [1.807, 2.05) is 24.3 Å². The van der Waals surface area contributed by atoms with Crippen LogP contribution in [0.15, 0.2) is 115 Å². The zero-order valence-electron chi connectivity index (χ0n) is 23.6. The van der Waals surface area contributed by atoms with E-state index in [9.17, 15) is 0 Å². The molecule has 0 aliphatic heterocycles. The van der Waals surface area contributed by atoms with Crippen molar-refractivity contribution in [3.05, 3.63) is 130 Å². The summed E-state index contributed by atoms with van der Waals surface area (Å²) in [5.41, 5.74) is 6.73. The van der Waals surface area contributed by atoms with Gasteiger partial charge in [0.2, 0.25) is 0 Å². The van der Waals surface area contributed by atoms with Gasteiger partial charge in [0.1, 0.15) is 0 Å². The lowest BCUT2D eigenvalue weighted by molar-refractivity contribution is 1.56. The summed E-state index contributed by atoms with van der Waals surface area (Å²) in [6.45, 7) is 0. The lowest BCUT2D eigenvalue weighted by Crippen LogP contribution is -1.85. The SMILES string of the molecule is Clc1ccc2c(c1)c1cc(-c3ccc4[nH]c5c6cc(Cl)ccc6c6cc(Cl)ccc6c5c4c3)ccc1c1[nH]c3ccccc3c21. The van der Waals surface area contributed by atoms with E-state index >= 15 is 0 Å². The Morgan fingerprint density at radius 2 is 0.822 bits per heavy atom. The van der Waals surface area contributed by atoms with Crippen molar-refractivity contribution in [1.82, 2.24) is 9.97 Å². The average molecular weight is 636 g/mol. The number of fused-ring (bicyclic) bond motifs is 16. The molecule has 0 unspecified atom stereocenters. The van der Waals surface area contributed by atoms with Crippen LogP contribution in [-0.4, -0.2) is 9.97 Å². The Morgan fingerprint density at radius 1 is 0.333 bits per heavy atom. The molecule has 0 saturated carbocycles. The van der Waals surface area contributed by atoms with Crippen molar-refractivity contribution in [2.24, 2.45) is 0 Å². The third-order valence-corrected chi connectivity index (χ3v) is 10.2. The summed E-state index contributed by atoms with van der Waals surface area (Å²) in [4.78, 5) is 7.43. The summed E-state index contributed by atoms with van der Waals surface area (Å²) in [6.07, 6.45) is 0. The third kappa shape index (κ3) is 3.59. The van der Waals surface area contributed by atoms with Crippen molar-refractivity contribution in [2.45, 2.75) is 0 Å². The first-order chi connectivity index (χ1) is 22.0. The summed E-state index contributed by atoms with van der Waals surface area (Å²) in [6, 6.07) is 40.4. The molecule has 8 aromatic carbocycles. The monoisotopic (exact) mass is 634 g/mol. The van der Waals surface area contributed by atoms with Crippen molar-refractivity contribution in [1.29, 1.82) is 0 Å². The van der Waals surface area contributed by atoms with Crippen LogP contribution in [0.4, 0.5) is 0 Å². The highest BCUT2D eigenvalue weighted by Crippen LogP contribution is 2.44. The molecule has 2 heterocycles. The number of hydrogen-bond donors (Lipinski definition) is 2. The molecule has 0 radical (unpaired) electrons. The molecule has 0 atom stereocenters. The van der Waals surface area contributed by atoms with Crippen LogP contribution >= 0.6 is 34.8 Å². The van der Waals surface area contributed by atoms with Gasteiger partial charge in [-0.25, -0.2) is 0 Å². The van der Waals surface area contributed by atoms with E-state index in [-0.39, 0.29) is 0 Å². The van der Waals surface area contributed by atoms with Gasteiger partial charge < -0.3 is 9.97 Å². The van der Waals surface area contributed by atoms with E-state index in [1.165, 1.54) is 32.3 Å². The minimum absolute atomic E-state index is 0.706. The number of H-pyrrole nitrogens is 2. The Labute approximate surface area is 271 Å². The highest BCUT2D eigenvalue weighted by atomic mass is 35.5. The summed E-state index contributed by atoms with van der Waals surface area (Å²) in [5, 5.41) is 16.1. The van der Waals surface area contributed by atoms with Crippen LogP contribution in [0.2, 0.25) is 15.1 Å². The molecule has 5 heteroatoms. The zero-order valence-corrected chi connectivity index (χ0v) is 25.9. The normalized spacial score (nSPS) is 12.3. The maximum Gasteiger partial charge on any atom is 0.0551 e. The second-order valence-corrected chi connectivity index (χ2v) is 13.2. The highest BCUT2D eigenvalue weighted by Gasteiger charge is 2.17. The van der Waals surface area contributed by atoms with Crippen molar-refractivity contribution in [2.75, 3.05) is 0 Å². The first-order valence-electron chi connectivity index (χ1n) is 14.8. The molecule has 0 spiro atoms. The van der Waals surface area contributed by atoms with Crippen LogP contribution in [-0.2, 0) is 0 Å². The van der Waals surface area contributed by atoms with Crippen LogP contribution < -0.4 is 0 Å². The van der Waals surface area contributed by atoms with Crippen LogP contribution in [0.5, 0.6) is 0 Å². The van der Waals surface area contributed by atoms with E-state index in [1.54, 1.807) is 0 Å². The summed E-state index contributed by atoms with van der Waals surface area (Å²) in [5.74, 6) is 0. The van der Waals surface area contributed by atoms with E-state index in [4.69, 9.17) is 34.8 Å². The molecule has 0 fully saturated rings. The molecule has 2 nitrogen and oxygen atoms in total. The standard InChI is InChI=1S/C40H21Cl3N2/c41-22-8-12-26-31(17-22)25-11-7-24(43)19-33(25)40-38(26)34-16-21(6-14-36(34)45-40)20-5-10-28-30(15-20)32-18-23(42)9-13-27(32)37-29-3-1-2-4-35(29)44-39(28)37/h1-19,44-45H. The Morgan fingerprint density at radius 3 is 1.56 bits per heavy atom. The van der Waals surface area contributed by atoms with Gasteiger partial charge in [-0.15, -0.1) is 0 Å². The Kier molecular flexibility index (Phi) is 5.20. The molecule has 0 aliphatic rings. The highest BCUT2D eigenvalue weighted by molar-refractivity contribution is 6.38. The van der Waals surface area contributed by atoms with Crippen molar-refractivity contribution >= 4 is 122 Å². The fourth-order valence-electron chi connectivity index (χ4n) is 7.51. The largest absolute Gasteiger partial charge is 0.354 e. The molecular weight excluding hydrogens is 615 g/mol. The van der Waals surface area contributed by atoms with Crippen molar-refractivity contribution in [3.63, 3.8) is 0 Å². The second kappa shape index (κ2) is 9.15. The van der Waals surface area contributed by atoms with Gasteiger partial charge in [-0.05, 0) is 104 Å². The fourth-order valence-corrected chi connectivity index (χ4v) is 8.03. The lowest BCUT2D eigenvalue weighted by atomic mass is 9.93. The molecule has 0 aliphatic carbocycles. The number of hydrogen-bond acceptors (Lipinski definition) is 0. The predicted molar refractivity (Wildman–Crippen MR) is 196 cm³/mol. The van der Waals surface area contributed by atoms with Gasteiger partial charge in [0.15, 0.2) is 0 Å². The number of aromatic nitrogens is 2. The second-order valence-electron chi connectivity index (χ2n) is 11.9. The van der Waals surface area contributed by atoms with Gasteiger partial charge in [-0.3, -0.25) is 0 Å². The summed E-state index contributed by atoms with van der Waals surface area (Å²) >= 11 is 19.6. The number of aromatic amines is 2. The molecule has 0 amide bonds. The predicted octanol–water partition coefficient (Wildman–Crippen LogP) is 13.2. The fraction of sp³-hybridized carbons (Fsp3) is 0. The van der Waals surface area contributed by atoms with Crippen molar-refractivity contribution in [3.8, 4) is 11.1 Å². The van der Waals surface area contributed by atoms with Gasteiger partial charge in [0.25, 0.3) is 0 Å². The number of benzene rings is 8. The summed E-state index contributed by atoms with van der Waals surface area (Å²) in [7, 11) is 0. The van der Waals surface area contributed by atoms with Crippen LogP contribution in [0.3, 0.4) is 0 Å². The topological polar surface area (TPSA) is 31.6 Å². The van der Waals surface area contributed by atoms with Gasteiger partial charge in [0.05, 0.1) is 11.0 Å². The van der Waals surface area contributed by atoms with E-state index < -0.39 is 0 Å². The minimum Gasteiger partial charge on any atom is -0.354 e. The molecule has 10 rings (SSSR count). The van der Waals surface area contributed by atoms with Gasteiger partial charge >= 0.3 is 0 Å². The molecule has 2 aromatic heterocycles. The molecule has 212 valence electrons. The first-order valence-corrected chi connectivity index (χ1v) is 16.0. The molecule has 0 saturated heterocycles. The maximum atomic E-state index is 6.61. The number of para-hydroxylation sites is 1. The third-order valence-electron chi connectivity index (χ3n) is 9.46. The lowest BCUT2D eigenvalue weighted by Gasteiger charge is -2.11. The van der Waals surface area contributed by atoms with Gasteiger partial charge in [0, 0.05) is 58.4 Å². The van der Waals surface area contributed by atoms with Crippen molar-refractivity contribution < 1.29 is 0 Å². The Hall–Kier alpha value is -4.73. The minimum atomic E-state index is 0.706. The van der Waals surface area contributed by atoms with E-state index in [0.717, 1.165) is 70.5 Å². The van der Waals surface area contributed by atoms with Gasteiger partial charge in [-0.1, -0.05) is 89.4 Å². The van der Waals surface area contributed by atoms with Crippen LogP contribution in [0.25, 0.3) is 97.8 Å². The van der Waals surface area contributed by atoms with Crippen LogP contribution in [0, 0.1) is 0 Å². The average Bonchev–Trinajstić information content (AvgIpc) is 3.64. The van der Waals surface area contributed by atoms with Crippen LogP contribution in [0.1, 0.15) is 0 Å². The Balaban J connectivity index is 1.28. The smallest absolute Gasteiger partial charge is 0.0551 e. The summed E-state index contributed by atoms with van der Waals surface area (Å²) < 4.78 is 0. The zero-order chi connectivity index (χ0) is 30.0. The maximum absolute atomic E-state index is 6.61. The van der Waals surface area contributed by atoms with E-state index in [2.05, 4.69) is 101 Å². The molecule has 0 bridgehead atoms. The number of rotatable bonds is 1. The quantitative estimate of drug-likeness (QED) is 0.168. The first kappa shape index (κ1) is 25.6. The Bertz CT molecular complexity index is 2910. The van der Waals surface area contributed by atoms with E-state index in [0.29, 0.717) is 10.0 Å². The molecule has 2 N–H and O–H groups in total. The molecule has 10 aromatic rings. The molecular formula is C40H21Cl3N2. The number of nitrogens with one attached hydrogen (secondary N) is 2. The number of halogens is 3. The molecule has 45 heavy (non-hydrogen) atoms.